The Hall–Kier alpha value is -3.27. The van der Waals surface area contributed by atoms with Gasteiger partial charge in [0.15, 0.2) is 0 Å². The average molecular weight is 548 g/mol. The van der Waals surface area contributed by atoms with Crippen LogP contribution in [0.3, 0.4) is 0 Å². The highest BCUT2D eigenvalue weighted by Crippen LogP contribution is 2.24. The molecule has 0 heterocycles. The smallest absolute Gasteiger partial charge is 0.243 e. The van der Waals surface area contributed by atoms with Gasteiger partial charge in [0.1, 0.15) is 17.5 Å². The Morgan fingerprint density at radius 3 is 2.16 bits per heavy atom. The van der Waals surface area contributed by atoms with Gasteiger partial charge in [0, 0.05) is 31.1 Å². The normalized spacial score (nSPS) is 12.4. The van der Waals surface area contributed by atoms with E-state index in [1.54, 1.807) is 36.3 Å². The molecule has 1 unspecified atom stereocenters. The van der Waals surface area contributed by atoms with E-state index in [9.17, 15) is 18.0 Å². The zero-order valence-electron chi connectivity index (χ0n) is 23.5. The molecule has 0 saturated carbocycles. The van der Waals surface area contributed by atoms with Crippen LogP contribution < -0.4 is 19.1 Å². The van der Waals surface area contributed by atoms with Crippen LogP contribution in [0.4, 0.5) is 5.69 Å². The second kappa shape index (κ2) is 13.5. The summed E-state index contributed by atoms with van der Waals surface area (Å²) in [5, 5.41) is 2.98. The predicted octanol–water partition coefficient (Wildman–Crippen LogP) is 3.97. The molecule has 2 aromatic rings. The van der Waals surface area contributed by atoms with Gasteiger partial charge in [-0.05, 0) is 63.4 Å². The molecule has 210 valence electrons. The SMILES string of the molecule is CCC(C(=O)NC(C)(C)C)N(Cc1ccc(OC)cc1)C(=O)CCCN(c1cccc(OC)c1)S(C)(=O)=O. The second-order valence-corrected chi connectivity index (χ2v) is 12.1. The number of hydrogen-bond donors (Lipinski definition) is 1. The maximum atomic E-state index is 13.5. The first-order valence-corrected chi connectivity index (χ1v) is 14.5. The lowest BCUT2D eigenvalue weighted by Crippen LogP contribution is -2.53. The fraction of sp³-hybridized carbons (Fsp3) is 0.500. The van der Waals surface area contributed by atoms with E-state index in [1.165, 1.54) is 11.4 Å². The van der Waals surface area contributed by atoms with Crippen molar-refractivity contribution >= 4 is 27.5 Å². The van der Waals surface area contributed by atoms with Crippen LogP contribution in [-0.4, -0.2) is 63.7 Å². The molecule has 38 heavy (non-hydrogen) atoms. The highest BCUT2D eigenvalue weighted by molar-refractivity contribution is 7.92. The van der Waals surface area contributed by atoms with Gasteiger partial charge in [-0.15, -0.1) is 0 Å². The van der Waals surface area contributed by atoms with E-state index < -0.39 is 21.6 Å². The fourth-order valence-electron chi connectivity index (χ4n) is 4.07. The van der Waals surface area contributed by atoms with Crippen molar-refractivity contribution in [3.8, 4) is 11.5 Å². The highest BCUT2D eigenvalue weighted by atomic mass is 32.2. The van der Waals surface area contributed by atoms with Crippen LogP contribution in [0, 0.1) is 0 Å². The molecule has 1 N–H and O–H groups in total. The van der Waals surface area contributed by atoms with Crippen LogP contribution in [0.5, 0.6) is 11.5 Å². The molecule has 2 amide bonds. The molecule has 10 heteroatoms. The van der Waals surface area contributed by atoms with Gasteiger partial charge in [-0.25, -0.2) is 8.42 Å². The number of methoxy groups -OCH3 is 2. The second-order valence-electron chi connectivity index (χ2n) is 10.2. The molecule has 0 bridgehead atoms. The summed E-state index contributed by atoms with van der Waals surface area (Å²) >= 11 is 0. The number of hydrogen-bond acceptors (Lipinski definition) is 6. The summed E-state index contributed by atoms with van der Waals surface area (Å²) in [5.74, 6) is 0.780. The zero-order valence-corrected chi connectivity index (χ0v) is 24.3. The average Bonchev–Trinajstić information content (AvgIpc) is 2.85. The van der Waals surface area contributed by atoms with Crippen molar-refractivity contribution in [2.45, 2.75) is 65.1 Å². The number of anilines is 1. The minimum absolute atomic E-state index is 0.0748. The summed E-state index contributed by atoms with van der Waals surface area (Å²) in [6, 6.07) is 13.5. The van der Waals surface area contributed by atoms with Crippen LogP contribution in [0.1, 0.15) is 52.5 Å². The summed E-state index contributed by atoms with van der Waals surface area (Å²) in [6.07, 6.45) is 1.92. The third kappa shape index (κ3) is 9.24. The van der Waals surface area contributed by atoms with Crippen molar-refractivity contribution in [1.29, 1.82) is 0 Å². The Labute approximate surface area is 227 Å². The van der Waals surface area contributed by atoms with E-state index in [-0.39, 0.29) is 37.7 Å². The van der Waals surface area contributed by atoms with Crippen LogP contribution >= 0.6 is 0 Å². The van der Waals surface area contributed by atoms with Crippen LogP contribution in [0.25, 0.3) is 0 Å². The summed E-state index contributed by atoms with van der Waals surface area (Å²) in [4.78, 5) is 28.3. The largest absolute Gasteiger partial charge is 0.497 e. The molecule has 0 saturated heterocycles. The van der Waals surface area contributed by atoms with Gasteiger partial charge in [0.05, 0.1) is 26.2 Å². The lowest BCUT2D eigenvalue weighted by Gasteiger charge is -2.33. The van der Waals surface area contributed by atoms with Crippen LogP contribution in [0.2, 0.25) is 0 Å². The van der Waals surface area contributed by atoms with E-state index in [4.69, 9.17) is 9.47 Å². The number of sulfonamides is 1. The molecule has 0 spiro atoms. The van der Waals surface area contributed by atoms with Gasteiger partial charge < -0.3 is 19.7 Å². The molecule has 0 fully saturated rings. The quantitative estimate of drug-likeness (QED) is 0.407. The number of carbonyl (C=O) groups excluding carboxylic acids is 2. The van der Waals surface area contributed by atoms with Crippen molar-refractivity contribution in [2.24, 2.45) is 0 Å². The Balaban J connectivity index is 2.25. The fourth-order valence-corrected chi connectivity index (χ4v) is 5.03. The molecule has 1 atom stereocenters. The molecule has 0 aliphatic carbocycles. The molecule has 2 aromatic carbocycles. The van der Waals surface area contributed by atoms with Gasteiger partial charge in [-0.1, -0.05) is 25.1 Å². The lowest BCUT2D eigenvalue weighted by molar-refractivity contribution is -0.142. The number of amides is 2. The topological polar surface area (TPSA) is 105 Å². The number of benzene rings is 2. The molecule has 0 aromatic heterocycles. The maximum absolute atomic E-state index is 13.5. The molecular weight excluding hydrogens is 506 g/mol. The van der Waals surface area contributed by atoms with Gasteiger partial charge in [-0.2, -0.15) is 0 Å². The van der Waals surface area contributed by atoms with Crippen LogP contribution in [-0.2, 0) is 26.2 Å². The number of rotatable bonds is 13. The minimum Gasteiger partial charge on any atom is -0.497 e. The van der Waals surface area contributed by atoms with Gasteiger partial charge in [-0.3, -0.25) is 13.9 Å². The number of nitrogens with one attached hydrogen (secondary N) is 1. The van der Waals surface area contributed by atoms with Crippen LogP contribution in [0.15, 0.2) is 48.5 Å². The van der Waals surface area contributed by atoms with Crippen molar-refractivity contribution in [1.82, 2.24) is 10.2 Å². The molecule has 2 rings (SSSR count). The minimum atomic E-state index is -3.59. The summed E-state index contributed by atoms with van der Waals surface area (Å²) < 4.78 is 36.8. The van der Waals surface area contributed by atoms with E-state index in [2.05, 4.69) is 5.32 Å². The first kappa shape index (κ1) is 31.0. The third-order valence-corrected chi connectivity index (χ3v) is 7.08. The predicted molar refractivity (Wildman–Crippen MR) is 150 cm³/mol. The van der Waals surface area contributed by atoms with E-state index >= 15 is 0 Å². The Bertz CT molecular complexity index is 1180. The monoisotopic (exact) mass is 547 g/mol. The lowest BCUT2D eigenvalue weighted by atomic mass is 10.0. The number of nitrogens with zero attached hydrogens (tertiary/aromatic N) is 2. The summed E-state index contributed by atoms with van der Waals surface area (Å²) in [6.45, 7) is 7.90. The number of ether oxygens (including phenoxy) is 2. The zero-order chi connectivity index (χ0) is 28.5. The Morgan fingerprint density at radius 2 is 1.63 bits per heavy atom. The van der Waals surface area contributed by atoms with E-state index in [1.807, 2.05) is 52.0 Å². The maximum Gasteiger partial charge on any atom is 0.243 e. The Kier molecular flexibility index (Phi) is 11.0. The molecule has 0 aliphatic heterocycles. The van der Waals surface area contributed by atoms with E-state index in [0.29, 0.717) is 23.6 Å². The van der Waals surface area contributed by atoms with Gasteiger partial charge in [0.2, 0.25) is 21.8 Å². The van der Waals surface area contributed by atoms with Crippen molar-refractivity contribution in [3.63, 3.8) is 0 Å². The molecule has 0 aliphatic rings. The van der Waals surface area contributed by atoms with Gasteiger partial charge >= 0.3 is 0 Å². The molecule has 0 radical (unpaired) electrons. The Morgan fingerprint density at radius 1 is 1.00 bits per heavy atom. The van der Waals surface area contributed by atoms with E-state index in [0.717, 1.165) is 11.8 Å². The first-order chi connectivity index (χ1) is 17.8. The summed E-state index contributed by atoms with van der Waals surface area (Å²) in [5.41, 5.74) is 0.868. The molecular formula is C28H41N3O6S. The highest BCUT2D eigenvalue weighted by Gasteiger charge is 2.30. The van der Waals surface area contributed by atoms with Crippen molar-refractivity contribution < 1.29 is 27.5 Å². The van der Waals surface area contributed by atoms with Crippen molar-refractivity contribution in [2.75, 3.05) is 31.3 Å². The molecule has 9 nitrogen and oxygen atoms in total. The first-order valence-electron chi connectivity index (χ1n) is 12.6. The standard InChI is InChI=1S/C28H41N3O6S/c1-8-25(27(33)29-28(2,3)4)30(20-21-14-16-23(36-5)17-15-21)26(32)13-10-18-31(38(7,34)35)22-11-9-12-24(19-22)37-6/h9,11-12,14-17,19,25H,8,10,13,18,20H2,1-7H3,(H,29,33). The summed E-state index contributed by atoms with van der Waals surface area (Å²) in [7, 11) is -0.497. The van der Waals surface area contributed by atoms with Crippen molar-refractivity contribution in [3.05, 3.63) is 54.1 Å². The number of carbonyl (C=O) groups is 2. The third-order valence-electron chi connectivity index (χ3n) is 5.89. The van der Waals surface area contributed by atoms with Gasteiger partial charge in [0.25, 0.3) is 0 Å².